The summed E-state index contributed by atoms with van der Waals surface area (Å²) in [6.45, 7) is 1.98. The zero-order valence-corrected chi connectivity index (χ0v) is 18.1. The van der Waals surface area contributed by atoms with E-state index in [0.29, 0.717) is 37.6 Å². The molecule has 1 amide bonds. The predicted octanol–water partition coefficient (Wildman–Crippen LogP) is 3.14. The van der Waals surface area contributed by atoms with Crippen LogP contribution in [0.1, 0.15) is 10.5 Å². The number of thiazole rings is 1. The quantitative estimate of drug-likeness (QED) is 0.656. The topological polar surface area (TPSA) is 82.6 Å². The Labute approximate surface area is 180 Å². The number of sulfonamides is 1. The van der Waals surface area contributed by atoms with Crippen molar-refractivity contribution in [3.63, 3.8) is 0 Å². The maximum Gasteiger partial charge on any atom is 0.275 e. The molecule has 0 spiro atoms. The van der Waals surface area contributed by atoms with E-state index in [-0.39, 0.29) is 5.91 Å². The van der Waals surface area contributed by atoms with Crippen molar-refractivity contribution >= 4 is 38.6 Å². The van der Waals surface area contributed by atoms with Crippen LogP contribution in [-0.2, 0) is 10.0 Å². The number of anilines is 2. The van der Waals surface area contributed by atoms with Crippen LogP contribution < -0.4 is 10.2 Å². The highest BCUT2D eigenvalue weighted by atomic mass is 32.2. The second-order valence-corrected chi connectivity index (χ2v) is 9.86. The summed E-state index contributed by atoms with van der Waals surface area (Å²) in [4.78, 5) is 19.4. The fourth-order valence-electron chi connectivity index (χ4n) is 3.39. The van der Waals surface area contributed by atoms with Crippen molar-refractivity contribution in [1.29, 1.82) is 0 Å². The van der Waals surface area contributed by atoms with Crippen LogP contribution in [0.2, 0.25) is 0 Å². The maximum atomic E-state index is 12.8. The van der Waals surface area contributed by atoms with E-state index >= 15 is 0 Å². The molecule has 9 heteroatoms. The van der Waals surface area contributed by atoms with Crippen LogP contribution in [0.15, 0.2) is 60.0 Å². The van der Waals surface area contributed by atoms with Crippen LogP contribution in [0.25, 0.3) is 10.6 Å². The molecule has 0 saturated carbocycles. The van der Waals surface area contributed by atoms with Gasteiger partial charge >= 0.3 is 0 Å². The first-order valence-corrected chi connectivity index (χ1v) is 12.3. The molecule has 1 fully saturated rings. The molecule has 1 N–H and O–H groups in total. The van der Waals surface area contributed by atoms with Gasteiger partial charge in [-0.3, -0.25) is 4.79 Å². The molecule has 0 atom stereocenters. The number of nitrogens with zero attached hydrogens (tertiary/aromatic N) is 3. The maximum absolute atomic E-state index is 12.8. The summed E-state index contributed by atoms with van der Waals surface area (Å²) < 4.78 is 25.0. The van der Waals surface area contributed by atoms with E-state index in [9.17, 15) is 13.2 Å². The van der Waals surface area contributed by atoms with Crippen LogP contribution in [0.5, 0.6) is 0 Å². The summed E-state index contributed by atoms with van der Waals surface area (Å²) in [6.07, 6.45) is 1.23. The molecule has 4 rings (SSSR count). The summed E-state index contributed by atoms with van der Waals surface area (Å²) in [6, 6.07) is 17.3. The molecule has 3 aromatic rings. The van der Waals surface area contributed by atoms with Gasteiger partial charge in [0.1, 0.15) is 10.7 Å². The molecule has 1 aliphatic heterocycles. The van der Waals surface area contributed by atoms with Gasteiger partial charge in [-0.25, -0.2) is 13.4 Å². The SMILES string of the molecule is CS(=O)(=O)N1CCN(c2ccccc2NC(=O)c2csc(-c3ccccc3)n2)CC1. The molecular formula is C21H22N4O3S2. The molecule has 7 nitrogen and oxygen atoms in total. The average Bonchev–Trinajstić information content (AvgIpc) is 3.25. The molecule has 1 aromatic heterocycles. The summed E-state index contributed by atoms with van der Waals surface area (Å²) in [5.74, 6) is -0.268. The largest absolute Gasteiger partial charge is 0.367 e. The summed E-state index contributed by atoms with van der Waals surface area (Å²) in [7, 11) is -3.19. The Morgan fingerprint density at radius 3 is 2.37 bits per heavy atom. The number of benzene rings is 2. The number of nitrogens with one attached hydrogen (secondary N) is 1. The second kappa shape index (κ2) is 8.55. The molecule has 1 aliphatic rings. The summed E-state index contributed by atoms with van der Waals surface area (Å²) >= 11 is 1.43. The number of aromatic nitrogens is 1. The monoisotopic (exact) mass is 442 g/mol. The van der Waals surface area contributed by atoms with Crippen molar-refractivity contribution in [1.82, 2.24) is 9.29 Å². The van der Waals surface area contributed by atoms with E-state index in [0.717, 1.165) is 16.3 Å². The van der Waals surface area contributed by atoms with Gasteiger partial charge in [0.05, 0.1) is 17.6 Å². The smallest absolute Gasteiger partial charge is 0.275 e. The van der Waals surface area contributed by atoms with Crippen LogP contribution in [0, 0.1) is 0 Å². The molecule has 1 saturated heterocycles. The van der Waals surface area contributed by atoms with Gasteiger partial charge in [0.2, 0.25) is 10.0 Å². The third-order valence-corrected chi connectivity index (χ3v) is 7.15. The highest BCUT2D eigenvalue weighted by Crippen LogP contribution is 2.28. The van der Waals surface area contributed by atoms with Gasteiger partial charge in [0.25, 0.3) is 5.91 Å². The lowest BCUT2D eigenvalue weighted by atomic mass is 10.2. The van der Waals surface area contributed by atoms with Crippen molar-refractivity contribution in [2.45, 2.75) is 0 Å². The van der Waals surface area contributed by atoms with Gasteiger partial charge in [-0.15, -0.1) is 11.3 Å². The lowest BCUT2D eigenvalue weighted by Gasteiger charge is -2.35. The van der Waals surface area contributed by atoms with Crippen molar-refractivity contribution in [2.24, 2.45) is 0 Å². The highest BCUT2D eigenvalue weighted by molar-refractivity contribution is 7.88. The molecule has 30 heavy (non-hydrogen) atoms. The molecule has 156 valence electrons. The van der Waals surface area contributed by atoms with Gasteiger partial charge < -0.3 is 10.2 Å². The third kappa shape index (κ3) is 4.53. The second-order valence-electron chi connectivity index (χ2n) is 7.02. The number of hydrogen-bond acceptors (Lipinski definition) is 6. The number of piperazine rings is 1. The van der Waals surface area contributed by atoms with Gasteiger partial charge in [0, 0.05) is 37.1 Å². The molecule has 2 heterocycles. The van der Waals surface area contributed by atoms with E-state index in [1.54, 1.807) is 5.38 Å². The number of rotatable bonds is 5. The standard InChI is InChI=1S/C21H22N4O3S2/c1-30(27,28)25-13-11-24(12-14-25)19-10-6-5-9-17(19)22-20(26)18-15-29-21(23-18)16-7-3-2-4-8-16/h2-10,15H,11-14H2,1H3,(H,22,26). The number of carbonyl (C=O) groups excluding carboxylic acids is 1. The fourth-order valence-corrected chi connectivity index (χ4v) is 5.03. The summed E-state index contributed by atoms with van der Waals surface area (Å²) in [5, 5.41) is 5.51. The Balaban J connectivity index is 1.48. The van der Waals surface area contributed by atoms with Gasteiger partial charge in [0.15, 0.2) is 0 Å². The lowest BCUT2D eigenvalue weighted by Crippen LogP contribution is -2.48. The Hall–Kier alpha value is -2.75. The Bertz CT molecular complexity index is 1140. The fraction of sp³-hybridized carbons (Fsp3) is 0.238. The van der Waals surface area contributed by atoms with E-state index in [1.165, 1.54) is 21.9 Å². The van der Waals surface area contributed by atoms with Crippen molar-refractivity contribution in [3.8, 4) is 10.6 Å². The zero-order chi connectivity index (χ0) is 21.1. The zero-order valence-electron chi connectivity index (χ0n) is 16.5. The molecule has 0 aliphatic carbocycles. The minimum Gasteiger partial charge on any atom is -0.367 e. The van der Waals surface area contributed by atoms with Crippen LogP contribution in [0.4, 0.5) is 11.4 Å². The Kier molecular flexibility index (Phi) is 5.85. The minimum atomic E-state index is -3.19. The van der Waals surface area contributed by atoms with Gasteiger partial charge in [-0.05, 0) is 12.1 Å². The molecule has 2 aromatic carbocycles. The van der Waals surface area contributed by atoms with Crippen LogP contribution in [-0.4, -0.2) is 56.0 Å². The first-order valence-electron chi connectivity index (χ1n) is 9.53. The summed E-state index contributed by atoms with van der Waals surface area (Å²) in [5.41, 5.74) is 2.91. The van der Waals surface area contributed by atoms with E-state index < -0.39 is 10.0 Å². The Morgan fingerprint density at radius 1 is 1.00 bits per heavy atom. The van der Waals surface area contributed by atoms with Crippen LogP contribution >= 0.6 is 11.3 Å². The first-order chi connectivity index (χ1) is 14.4. The first kappa shape index (κ1) is 20.5. The van der Waals surface area contributed by atoms with E-state index in [4.69, 9.17) is 0 Å². The van der Waals surface area contributed by atoms with Crippen molar-refractivity contribution in [3.05, 3.63) is 65.7 Å². The molecular weight excluding hydrogens is 420 g/mol. The van der Waals surface area contributed by atoms with Crippen molar-refractivity contribution < 1.29 is 13.2 Å². The third-order valence-electron chi connectivity index (χ3n) is 4.96. The van der Waals surface area contributed by atoms with Gasteiger partial charge in [-0.2, -0.15) is 4.31 Å². The van der Waals surface area contributed by atoms with E-state index in [1.807, 2.05) is 54.6 Å². The number of hydrogen-bond donors (Lipinski definition) is 1. The molecule has 0 radical (unpaired) electrons. The number of carbonyl (C=O) groups is 1. The predicted molar refractivity (Wildman–Crippen MR) is 121 cm³/mol. The number of para-hydroxylation sites is 2. The normalized spacial score (nSPS) is 15.2. The van der Waals surface area contributed by atoms with Crippen LogP contribution in [0.3, 0.4) is 0 Å². The highest BCUT2D eigenvalue weighted by Gasteiger charge is 2.25. The van der Waals surface area contributed by atoms with Gasteiger partial charge in [-0.1, -0.05) is 42.5 Å². The van der Waals surface area contributed by atoms with E-state index in [2.05, 4.69) is 15.2 Å². The molecule has 0 unspecified atom stereocenters. The Morgan fingerprint density at radius 2 is 1.67 bits per heavy atom. The minimum absolute atomic E-state index is 0.268. The van der Waals surface area contributed by atoms with Crippen molar-refractivity contribution in [2.75, 3.05) is 42.7 Å². The lowest BCUT2D eigenvalue weighted by molar-refractivity contribution is 0.102. The molecule has 0 bridgehead atoms. The average molecular weight is 443 g/mol. The number of amides is 1.